The molecule has 1 amide bonds. The lowest BCUT2D eigenvalue weighted by Gasteiger charge is -2.12. The van der Waals surface area contributed by atoms with Gasteiger partial charge in [0.05, 0.1) is 6.54 Å². The highest BCUT2D eigenvalue weighted by Crippen LogP contribution is 2.12. The Morgan fingerprint density at radius 1 is 1.12 bits per heavy atom. The lowest BCUT2D eigenvalue weighted by molar-refractivity contribution is -0.116. The molecule has 7 nitrogen and oxygen atoms in total. The topological polar surface area (TPSA) is 83.3 Å². The van der Waals surface area contributed by atoms with Crippen molar-refractivity contribution in [2.75, 3.05) is 18.4 Å². The van der Waals surface area contributed by atoms with Crippen LogP contribution >= 0.6 is 24.0 Å². The van der Waals surface area contributed by atoms with Crippen LogP contribution in [0.25, 0.3) is 0 Å². The molecule has 3 rings (SSSR count). The SMILES string of the molecule is CCNC(=NCc1cccc(NC(=O)Cn2cccn2)c1)NCCc1ccccc1F.I. The molecule has 0 saturated carbocycles. The minimum atomic E-state index is -0.197. The number of guanidine groups is 1. The first-order chi connectivity index (χ1) is 15.1. The summed E-state index contributed by atoms with van der Waals surface area (Å²) >= 11 is 0. The molecule has 9 heteroatoms. The molecule has 0 aliphatic heterocycles. The van der Waals surface area contributed by atoms with Gasteiger partial charge >= 0.3 is 0 Å². The number of anilines is 1. The number of hydrogen-bond donors (Lipinski definition) is 3. The van der Waals surface area contributed by atoms with Gasteiger partial charge in [-0.3, -0.25) is 9.48 Å². The van der Waals surface area contributed by atoms with Crippen molar-refractivity contribution in [2.45, 2.75) is 26.4 Å². The van der Waals surface area contributed by atoms with E-state index in [9.17, 15) is 9.18 Å². The van der Waals surface area contributed by atoms with Gasteiger partial charge in [0.15, 0.2) is 5.96 Å². The molecule has 0 atom stereocenters. The van der Waals surface area contributed by atoms with Crippen molar-refractivity contribution in [1.29, 1.82) is 0 Å². The molecular weight excluding hydrogens is 522 g/mol. The number of aliphatic imine (C=N–C) groups is 1. The predicted octanol–water partition coefficient (Wildman–Crippen LogP) is 3.58. The van der Waals surface area contributed by atoms with Crippen LogP contribution in [0.15, 0.2) is 72.0 Å². The molecule has 0 spiro atoms. The van der Waals surface area contributed by atoms with Crippen LogP contribution in [0.1, 0.15) is 18.1 Å². The third kappa shape index (κ3) is 8.29. The second-order valence-corrected chi connectivity index (χ2v) is 6.92. The Hall–Kier alpha value is -2.95. The Kier molecular flexibility index (Phi) is 10.6. The van der Waals surface area contributed by atoms with Gasteiger partial charge in [0, 0.05) is 31.2 Å². The van der Waals surface area contributed by atoms with E-state index in [2.05, 4.69) is 26.0 Å². The zero-order valence-electron chi connectivity index (χ0n) is 17.9. The van der Waals surface area contributed by atoms with Gasteiger partial charge in [-0.25, -0.2) is 9.38 Å². The summed E-state index contributed by atoms with van der Waals surface area (Å²) in [6, 6.07) is 16.1. The zero-order chi connectivity index (χ0) is 21.9. The summed E-state index contributed by atoms with van der Waals surface area (Å²) in [5.41, 5.74) is 2.34. The molecule has 3 N–H and O–H groups in total. The van der Waals surface area contributed by atoms with Gasteiger partial charge in [0.25, 0.3) is 0 Å². The van der Waals surface area contributed by atoms with E-state index in [-0.39, 0.29) is 42.2 Å². The Balaban J connectivity index is 0.00000363. The van der Waals surface area contributed by atoms with Crippen LogP contribution in [0.3, 0.4) is 0 Å². The molecule has 3 aromatic rings. The molecule has 0 aliphatic rings. The Bertz CT molecular complexity index is 1010. The molecule has 32 heavy (non-hydrogen) atoms. The number of nitrogens with one attached hydrogen (secondary N) is 3. The number of nitrogens with zero attached hydrogens (tertiary/aromatic N) is 3. The predicted molar refractivity (Wildman–Crippen MR) is 136 cm³/mol. The molecule has 1 heterocycles. The van der Waals surface area contributed by atoms with Crippen molar-refractivity contribution in [2.24, 2.45) is 4.99 Å². The summed E-state index contributed by atoms with van der Waals surface area (Å²) < 4.78 is 15.3. The summed E-state index contributed by atoms with van der Waals surface area (Å²) in [5, 5.41) is 13.3. The van der Waals surface area contributed by atoms with Crippen molar-refractivity contribution in [1.82, 2.24) is 20.4 Å². The van der Waals surface area contributed by atoms with E-state index in [4.69, 9.17) is 0 Å². The molecule has 0 fully saturated rings. The van der Waals surface area contributed by atoms with E-state index >= 15 is 0 Å². The largest absolute Gasteiger partial charge is 0.357 e. The minimum absolute atomic E-state index is 0. The number of halogens is 2. The van der Waals surface area contributed by atoms with Gasteiger partial charge in [-0.05, 0) is 48.7 Å². The number of rotatable bonds is 9. The van der Waals surface area contributed by atoms with Crippen molar-refractivity contribution in [3.05, 3.63) is 83.9 Å². The minimum Gasteiger partial charge on any atom is -0.357 e. The third-order valence-corrected chi connectivity index (χ3v) is 4.48. The quantitative estimate of drug-likeness (QED) is 0.216. The molecule has 0 saturated heterocycles. The van der Waals surface area contributed by atoms with Crippen LogP contribution in [-0.4, -0.2) is 34.7 Å². The Labute approximate surface area is 204 Å². The van der Waals surface area contributed by atoms with Crippen LogP contribution in [0.5, 0.6) is 0 Å². The first-order valence-corrected chi connectivity index (χ1v) is 10.3. The molecular formula is C23H28FIN6O. The normalized spacial score (nSPS) is 10.9. The molecule has 1 aromatic heterocycles. The van der Waals surface area contributed by atoms with Crippen LogP contribution in [0, 0.1) is 5.82 Å². The average molecular weight is 550 g/mol. The molecule has 0 radical (unpaired) electrons. The summed E-state index contributed by atoms with van der Waals surface area (Å²) in [4.78, 5) is 16.7. The lowest BCUT2D eigenvalue weighted by atomic mass is 10.1. The average Bonchev–Trinajstić information content (AvgIpc) is 3.26. The number of benzene rings is 2. The van der Waals surface area contributed by atoms with Crippen LogP contribution in [0.2, 0.25) is 0 Å². The summed E-state index contributed by atoms with van der Waals surface area (Å²) in [6.45, 7) is 3.87. The highest BCUT2D eigenvalue weighted by Gasteiger charge is 2.05. The zero-order valence-corrected chi connectivity index (χ0v) is 20.3. The molecule has 2 aromatic carbocycles. The van der Waals surface area contributed by atoms with E-state index < -0.39 is 0 Å². The van der Waals surface area contributed by atoms with Gasteiger partial charge in [-0.15, -0.1) is 24.0 Å². The first-order valence-electron chi connectivity index (χ1n) is 10.3. The van der Waals surface area contributed by atoms with Gasteiger partial charge < -0.3 is 16.0 Å². The van der Waals surface area contributed by atoms with Crippen molar-refractivity contribution in [3.63, 3.8) is 0 Å². The fraction of sp³-hybridized carbons (Fsp3) is 0.261. The maximum atomic E-state index is 13.8. The fourth-order valence-electron chi connectivity index (χ4n) is 3.02. The van der Waals surface area contributed by atoms with E-state index in [1.807, 2.05) is 37.3 Å². The highest BCUT2D eigenvalue weighted by molar-refractivity contribution is 14.0. The van der Waals surface area contributed by atoms with Gasteiger partial charge in [0.1, 0.15) is 12.4 Å². The van der Waals surface area contributed by atoms with Crippen molar-refractivity contribution >= 4 is 41.5 Å². The summed E-state index contributed by atoms with van der Waals surface area (Å²) in [7, 11) is 0. The maximum Gasteiger partial charge on any atom is 0.246 e. The monoisotopic (exact) mass is 550 g/mol. The lowest BCUT2D eigenvalue weighted by Crippen LogP contribution is -2.38. The van der Waals surface area contributed by atoms with Crippen LogP contribution in [0.4, 0.5) is 10.1 Å². The van der Waals surface area contributed by atoms with Gasteiger partial charge in [-0.1, -0.05) is 30.3 Å². The van der Waals surface area contributed by atoms with Crippen LogP contribution in [-0.2, 0) is 24.3 Å². The number of amides is 1. The Morgan fingerprint density at radius 3 is 2.72 bits per heavy atom. The molecule has 0 aliphatic carbocycles. The number of carbonyl (C=O) groups is 1. The van der Waals surface area contributed by atoms with E-state index in [0.717, 1.165) is 12.1 Å². The molecule has 170 valence electrons. The highest BCUT2D eigenvalue weighted by atomic mass is 127. The van der Waals surface area contributed by atoms with Gasteiger partial charge in [0.2, 0.25) is 5.91 Å². The Morgan fingerprint density at radius 2 is 1.97 bits per heavy atom. The smallest absolute Gasteiger partial charge is 0.246 e. The van der Waals surface area contributed by atoms with Crippen LogP contribution < -0.4 is 16.0 Å². The summed E-state index contributed by atoms with van der Waals surface area (Å²) in [6.07, 6.45) is 3.94. The maximum absolute atomic E-state index is 13.8. The molecule has 0 unspecified atom stereocenters. The number of aromatic nitrogens is 2. The first kappa shape index (κ1) is 25.3. The number of carbonyl (C=O) groups excluding carboxylic acids is 1. The van der Waals surface area contributed by atoms with E-state index in [1.54, 1.807) is 35.3 Å². The number of hydrogen-bond acceptors (Lipinski definition) is 3. The van der Waals surface area contributed by atoms with Gasteiger partial charge in [-0.2, -0.15) is 5.10 Å². The summed E-state index contributed by atoms with van der Waals surface area (Å²) in [5.74, 6) is 0.317. The second kappa shape index (κ2) is 13.5. The van der Waals surface area contributed by atoms with Crippen molar-refractivity contribution in [3.8, 4) is 0 Å². The van der Waals surface area contributed by atoms with Crippen molar-refractivity contribution < 1.29 is 9.18 Å². The second-order valence-electron chi connectivity index (χ2n) is 6.92. The molecule has 0 bridgehead atoms. The van der Waals surface area contributed by atoms with E-state index in [1.165, 1.54) is 6.07 Å². The van der Waals surface area contributed by atoms with E-state index in [0.29, 0.717) is 36.7 Å². The fourth-order valence-corrected chi connectivity index (χ4v) is 3.02. The standard InChI is InChI=1S/C23H27FN6O.HI/c1-2-25-23(26-13-11-19-8-3-4-10-21(19)24)27-16-18-7-5-9-20(15-18)29-22(31)17-30-14-6-12-28-30;/h3-10,12,14-15H,2,11,13,16-17H2,1H3,(H,29,31)(H2,25,26,27);1H. The third-order valence-electron chi connectivity index (χ3n) is 4.48.